The van der Waals surface area contributed by atoms with Crippen LogP contribution in [0.15, 0.2) is 66.7 Å². The highest BCUT2D eigenvalue weighted by Crippen LogP contribution is 2.32. The minimum Gasteiger partial charge on any atom is -0.0683 e. The second-order valence-corrected chi connectivity index (χ2v) is 5.12. The number of aryl methyl sites for hydroxylation is 1. The number of hydrogen-bond donors (Lipinski definition) is 0. The maximum atomic E-state index is 2.26. The van der Waals surface area contributed by atoms with Crippen molar-refractivity contribution in [3.05, 3.63) is 72.3 Å². The molecule has 4 rings (SSSR count). The Bertz CT molecular complexity index is 917. The van der Waals surface area contributed by atoms with E-state index in [2.05, 4.69) is 73.7 Å². The summed E-state index contributed by atoms with van der Waals surface area (Å²) >= 11 is 0. The maximum absolute atomic E-state index is 2.26. The SMILES string of the molecule is CC.Cc1cccc2ccc3c4ccccc4ccc3c12. The van der Waals surface area contributed by atoms with E-state index in [1.807, 2.05) is 13.8 Å². The van der Waals surface area contributed by atoms with Crippen molar-refractivity contribution in [2.75, 3.05) is 0 Å². The molecule has 0 unspecified atom stereocenters. The molecule has 0 bridgehead atoms. The van der Waals surface area contributed by atoms with Crippen LogP contribution in [0.3, 0.4) is 0 Å². The van der Waals surface area contributed by atoms with Crippen LogP contribution >= 0.6 is 0 Å². The van der Waals surface area contributed by atoms with E-state index in [1.165, 1.54) is 37.9 Å². The van der Waals surface area contributed by atoms with Crippen molar-refractivity contribution in [2.45, 2.75) is 20.8 Å². The summed E-state index contributed by atoms with van der Waals surface area (Å²) in [5.74, 6) is 0. The molecule has 4 aromatic rings. The molecule has 104 valence electrons. The zero-order valence-electron chi connectivity index (χ0n) is 12.9. The van der Waals surface area contributed by atoms with Gasteiger partial charge in [-0.15, -0.1) is 0 Å². The van der Waals surface area contributed by atoms with Gasteiger partial charge in [-0.3, -0.25) is 0 Å². The van der Waals surface area contributed by atoms with Gasteiger partial charge in [-0.1, -0.05) is 80.6 Å². The van der Waals surface area contributed by atoms with Crippen LogP contribution in [-0.2, 0) is 0 Å². The first-order chi connectivity index (χ1) is 10.3. The second-order valence-electron chi connectivity index (χ2n) is 5.12. The van der Waals surface area contributed by atoms with Crippen molar-refractivity contribution < 1.29 is 0 Å². The van der Waals surface area contributed by atoms with Gasteiger partial charge in [-0.05, 0) is 44.8 Å². The molecule has 0 nitrogen and oxygen atoms in total. The van der Waals surface area contributed by atoms with Crippen molar-refractivity contribution in [3.8, 4) is 0 Å². The lowest BCUT2D eigenvalue weighted by Crippen LogP contribution is -1.83. The molecule has 0 heterocycles. The Kier molecular flexibility index (Phi) is 3.62. The van der Waals surface area contributed by atoms with E-state index in [0.29, 0.717) is 0 Å². The van der Waals surface area contributed by atoms with Gasteiger partial charge in [-0.2, -0.15) is 0 Å². The molecule has 0 aromatic heterocycles. The molecule has 0 aliphatic carbocycles. The summed E-state index contributed by atoms with van der Waals surface area (Å²) in [4.78, 5) is 0. The molecule has 0 aliphatic heterocycles. The summed E-state index contributed by atoms with van der Waals surface area (Å²) in [6.07, 6.45) is 0. The monoisotopic (exact) mass is 272 g/mol. The lowest BCUT2D eigenvalue weighted by molar-refractivity contribution is 1.50. The molecule has 0 atom stereocenters. The van der Waals surface area contributed by atoms with E-state index in [1.54, 1.807) is 0 Å². The zero-order chi connectivity index (χ0) is 14.8. The first kappa shape index (κ1) is 13.6. The highest BCUT2D eigenvalue weighted by Gasteiger charge is 2.05. The van der Waals surface area contributed by atoms with Crippen LogP contribution < -0.4 is 0 Å². The topological polar surface area (TPSA) is 0 Å². The number of rotatable bonds is 0. The Hall–Kier alpha value is -2.34. The highest BCUT2D eigenvalue weighted by atomic mass is 14.1. The molecule has 0 spiro atoms. The summed E-state index contributed by atoms with van der Waals surface area (Å²) in [5.41, 5.74) is 1.35. The van der Waals surface area contributed by atoms with Crippen LogP contribution in [0.25, 0.3) is 32.3 Å². The average molecular weight is 272 g/mol. The van der Waals surface area contributed by atoms with E-state index in [4.69, 9.17) is 0 Å². The quantitative estimate of drug-likeness (QED) is 0.321. The van der Waals surface area contributed by atoms with Crippen molar-refractivity contribution >= 4 is 32.3 Å². The predicted molar refractivity (Wildman–Crippen MR) is 95.0 cm³/mol. The second kappa shape index (κ2) is 5.57. The van der Waals surface area contributed by atoms with Crippen LogP contribution in [0, 0.1) is 6.92 Å². The van der Waals surface area contributed by atoms with Gasteiger partial charge in [0.2, 0.25) is 0 Å². The Balaban J connectivity index is 0.000000636. The molecule has 21 heavy (non-hydrogen) atoms. The van der Waals surface area contributed by atoms with E-state index in [0.717, 1.165) is 0 Å². The lowest BCUT2D eigenvalue weighted by Gasteiger charge is -2.09. The van der Waals surface area contributed by atoms with Gasteiger partial charge in [0.15, 0.2) is 0 Å². The summed E-state index contributed by atoms with van der Waals surface area (Å²) < 4.78 is 0. The molecule has 0 amide bonds. The van der Waals surface area contributed by atoms with Crippen LogP contribution in [-0.4, -0.2) is 0 Å². The minimum absolute atomic E-state index is 1.31. The molecule has 0 heteroatoms. The van der Waals surface area contributed by atoms with Gasteiger partial charge in [0.05, 0.1) is 0 Å². The van der Waals surface area contributed by atoms with Crippen molar-refractivity contribution in [1.82, 2.24) is 0 Å². The van der Waals surface area contributed by atoms with Gasteiger partial charge in [-0.25, -0.2) is 0 Å². The molecule has 0 N–H and O–H groups in total. The molecule has 0 aliphatic rings. The van der Waals surface area contributed by atoms with Crippen LogP contribution in [0.2, 0.25) is 0 Å². The fraction of sp³-hybridized carbons (Fsp3) is 0.143. The number of fused-ring (bicyclic) bond motifs is 5. The van der Waals surface area contributed by atoms with E-state index >= 15 is 0 Å². The van der Waals surface area contributed by atoms with Crippen LogP contribution in [0.1, 0.15) is 19.4 Å². The number of hydrogen-bond acceptors (Lipinski definition) is 0. The van der Waals surface area contributed by atoms with Gasteiger partial charge in [0.25, 0.3) is 0 Å². The van der Waals surface area contributed by atoms with Gasteiger partial charge in [0, 0.05) is 0 Å². The standard InChI is InChI=1S/C19H14.C2H6/c1-13-5-4-7-15-10-11-17-16-8-3-2-6-14(16)9-12-18(17)19(13)15;1-2/h2-12H,1H3;1-2H3. The summed E-state index contributed by atoms with van der Waals surface area (Å²) in [6.45, 7) is 6.19. The summed E-state index contributed by atoms with van der Waals surface area (Å²) in [6, 6.07) is 24.1. The first-order valence-corrected chi connectivity index (χ1v) is 7.64. The molecular weight excluding hydrogens is 252 g/mol. The van der Waals surface area contributed by atoms with E-state index in [-0.39, 0.29) is 0 Å². The summed E-state index contributed by atoms with van der Waals surface area (Å²) in [7, 11) is 0. The van der Waals surface area contributed by atoms with Crippen molar-refractivity contribution in [3.63, 3.8) is 0 Å². The number of benzene rings is 4. The smallest absolute Gasteiger partial charge is 0.00759 e. The third kappa shape index (κ3) is 2.17. The van der Waals surface area contributed by atoms with Gasteiger partial charge >= 0.3 is 0 Å². The zero-order valence-corrected chi connectivity index (χ0v) is 12.9. The maximum Gasteiger partial charge on any atom is -0.00759 e. The van der Waals surface area contributed by atoms with Crippen molar-refractivity contribution in [2.24, 2.45) is 0 Å². The lowest BCUT2D eigenvalue weighted by atomic mass is 9.95. The van der Waals surface area contributed by atoms with Gasteiger partial charge < -0.3 is 0 Å². The van der Waals surface area contributed by atoms with Crippen LogP contribution in [0.5, 0.6) is 0 Å². The third-order valence-corrected chi connectivity index (χ3v) is 3.97. The molecule has 0 fully saturated rings. The molecule has 0 saturated heterocycles. The minimum atomic E-state index is 1.31. The molecular formula is C21H20. The fourth-order valence-electron chi connectivity index (χ4n) is 3.06. The molecule has 0 saturated carbocycles. The third-order valence-electron chi connectivity index (χ3n) is 3.97. The summed E-state index contributed by atoms with van der Waals surface area (Å²) in [5, 5.41) is 8.05. The largest absolute Gasteiger partial charge is 0.0683 e. The molecule has 4 aromatic carbocycles. The van der Waals surface area contributed by atoms with Gasteiger partial charge in [0.1, 0.15) is 0 Å². The Morgan fingerprint density at radius 1 is 0.524 bits per heavy atom. The fourth-order valence-corrected chi connectivity index (χ4v) is 3.06. The average Bonchev–Trinajstić information content (AvgIpc) is 2.56. The van der Waals surface area contributed by atoms with E-state index in [9.17, 15) is 0 Å². The van der Waals surface area contributed by atoms with Crippen molar-refractivity contribution in [1.29, 1.82) is 0 Å². The van der Waals surface area contributed by atoms with E-state index < -0.39 is 0 Å². The Morgan fingerprint density at radius 2 is 1.19 bits per heavy atom. The molecule has 0 radical (unpaired) electrons. The predicted octanol–water partition coefficient (Wildman–Crippen LogP) is 6.48. The highest BCUT2D eigenvalue weighted by molar-refractivity contribution is 6.17. The Labute approximate surface area is 126 Å². The normalized spacial score (nSPS) is 10.6. The van der Waals surface area contributed by atoms with Crippen LogP contribution in [0.4, 0.5) is 0 Å². The Morgan fingerprint density at radius 3 is 2.05 bits per heavy atom. The first-order valence-electron chi connectivity index (χ1n) is 7.64.